The van der Waals surface area contributed by atoms with Gasteiger partial charge in [-0.05, 0) is 61.1 Å². The van der Waals surface area contributed by atoms with Gasteiger partial charge in [0, 0.05) is 10.3 Å². The lowest BCUT2D eigenvalue weighted by atomic mass is 9.88. The SMILES string of the molecule is C[C@@H]1CCc2c(C(=O)OCC(=O)N[C@H]3CCCc4ccccc43)csc2C1. The molecule has 1 heterocycles. The van der Waals surface area contributed by atoms with Crippen LogP contribution in [-0.4, -0.2) is 18.5 Å². The molecule has 0 fully saturated rings. The van der Waals surface area contributed by atoms with E-state index in [0.717, 1.165) is 44.1 Å². The second-order valence-electron chi connectivity index (χ2n) is 7.69. The highest BCUT2D eigenvalue weighted by atomic mass is 32.1. The molecule has 0 saturated heterocycles. The van der Waals surface area contributed by atoms with E-state index in [1.165, 1.54) is 16.0 Å². The van der Waals surface area contributed by atoms with Crippen molar-refractivity contribution >= 4 is 23.2 Å². The van der Waals surface area contributed by atoms with Gasteiger partial charge in [-0.15, -0.1) is 11.3 Å². The minimum atomic E-state index is -0.374. The zero-order chi connectivity index (χ0) is 18.8. The summed E-state index contributed by atoms with van der Waals surface area (Å²) >= 11 is 1.64. The highest BCUT2D eigenvalue weighted by molar-refractivity contribution is 7.10. The van der Waals surface area contributed by atoms with E-state index in [2.05, 4.69) is 24.4 Å². The summed E-state index contributed by atoms with van der Waals surface area (Å²) in [5.41, 5.74) is 4.26. The Morgan fingerprint density at radius 3 is 2.96 bits per heavy atom. The zero-order valence-electron chi connectivity index (χ0n) is 15.6. The predicted octanol–water partition coefficient (Wildman–Crippen LogP) is 4.22. The van der Waals surface area contributed by atoms with Crippen LogP contribution in [0.15, 0.2) is 29.6 Å². The summed E-state index contributed by atoms with van der Waals surface area (Å²) in [6.45, 7) is 2.02. The molecule has 2 aliphatic carbocycles. The number of thiophene rings is 1. The molecular weight excluding hydrogens is 358 g/mol. The van der Waals surface area contributed by atoms with Crippen molar-refractivity contribution in [3.8, 4) is 0 Å². The Bertz CT molecular complexity index is 857. The largest absolute Gasteiger partial charge is 0.452 e. The number of aryl methyl sites for hydroxylation is 1. The molecule has 4 rings (SSSR count). The number of fused-ring (bicyclic) bond motifs is 2. The van der Waals surface area contributed by atoms with Gasteiger partial charge >= 0.3 is 5.97 Å². The van der Waals surface area contributed by atoms with Crippen molar-refractivity contribution in [1.29, 1.82) is 0 Å². The van der Waals surface area contributed by atoms with Gasteiger partial charge in [-0.3, -0.25) is 4.79 Å². The molecule has 0 spiro atoms. The third-order valence-corrected chi connectivity index (χ3v) is 6.71. The van der Waals surface area contributed by atoms with Gasteiger partial charge in [0.2, 0.25) is 0 Å². The molecule has 0 bridgehead atoms. The van der Waals surface area contributed by atoms with Gasteiger partial charge < -0.3 is 10.1 Å². The van der Waals surface area contributed by atoms with Gasteiger partial charge in [-0.1, -0.05) is 31.2 Å². The number of ether oxygens (including phenoxy) is 1. The standard InChI is InChI=1S/C22H25NO3S/c1-14-9-10-17-18(13-27-20(17)11-14)22(25)26-12-21(24)23-19-8-4-6-15-5-2-3-7-16(15)19/h2-3,5,7,13-14,19H,4,6,8-12H2,1H3,(H,23,24)/t14-,19+/m1/s1. The second-order valence-corrected chi connectivity index (χ2v) is 8.65. The zero-order valence-corrected chi connectivity index (χ0v) is 16.4. The van der Waals surface area contributed by atoms with Gasteiger partial charge in [-0.2, -0.15) is 0 Å². The van der Waals surface area contributed by atoms with Gasteiger partial charge in [0.1, 0.15) is 0 Å². The minimum absolute atomic E-state index is 0.0107. The molecule has 27 heavy (non-hydrogen) atoms. The number of esters is 1. The molecule has 0 saturated carbocycles. The Balaban J connectivity index is 1.34. The van der Waals surface area contributed by atoms with E-state index in [0.29, 0.717) is 11.5 Å². The molecule has 0 aliphatic heterocycles. The van der Waals surface area contributed by atoms with Crippen molar-refractivity contribution in [3.63, 3.8) is 0 Å². The predicted molar refractivity (Wildman–Crippen MR) is 106 cm³/mol. The summed E-state index contributed by atoms with van der Waals surface area (Å²) in [4.78, 5) is 26.1. The van der Waals surface area contributed by atoms with E-state index in [4.69, 9.17) is 4.74 Å². The summed E-state index contributed by atoms with van der Waals surface area (Å²) in [5.74, 6) is 0.0631. The number of carbonyl (C=O) groups excluding carboxylic acids is 2. The number of nitrogens with one attached hydrogen (secondary N) is 1. The first kappa shape index (κ1) is 18.2. The lowest BCUT2D eigenvalue weighted by Crippen LogP contribution is -2.34. The fourth-order valence-electron chi connectivity index (χ4n) is 4.20. The molecule has 0 radical (unpaired) electrons. The van der Waals surface area contributed by atoms with Crippen molar-refractivity contribution in [3.05, 3.63) is 56.8 Å². The van der Waals surface area contributed by atoms with Crippen LogP contribution < -0.4 is 5.32 Å². The first-order chi connectivity index (χ1) is 13.1. The lowest BCUT2D eigenvalue weighted by Gasteiger charge is -2.26. The quantitative estimate of drug-likeness (QED) is 0.804. The molecule has 5 heteroatoms. The number of hydrogen-bond acceptors (Lipinski definition) is 4. The number of hydrogen-bond donors (Lipinski definition) is 1. The monoisotopic (exact) mass is 383 g/mol. The second kappa shape index (κ2) is 7.85. The molecule has 2 atom stereocenters. The highest BCUT2D eigenvalue weighted by Crippen LogP contribution is 2.33. The Morgan fingerprint density at radius 2 is 2.07 bits per heavy atom. The average molecular weight is 384 g/mol. The Kier molecular flexibility index (Phi) is 5.30. The van der Waals surface area contributed by atoms with E-state index < -0.39 is 0 Å². The van der Waals surface area contributed by atoms with Crippen LogP contribution in [0.1, 0.15) is 64.2 Å². The van der Waals surface area contributed by atoms with E-state index in [9.17, 15) is 9.59 Å². The molecule has 1 N–H and O–H groups in total. The molecule has 2 aliphatic rings. The molecule has 142 valence electrons. The van der Waals surface area contributed by atoms with Crippen LogP contribution in [0.5, 0.6) is 0 Å². The van der Waals surface area contributed by atoms with E-state index in [1.807, 2.05) is 17.5 Å². The fraction of sp³-hybridized carbons (Fsp3) is 0.455. The van der Waals surface area contributed by atoms with Crippen LogP contribution in [0.3, 0.4) is 0 Å². The van der Waals surface area contributed by atoms with Crippen LogP contribution in [0.4, 0.5) is 0 Å². The molecule has 0 unspecified atom stereocenters. The van der Waals surface area contributed by atoms with E-state index >= 15 is 0 Å². The van der Waals surface area contributed by atoms with Crippen molar-refractivity contribution in [2.24, 2.45) is 5.92 Å². The molecule has 4 nitrogen and oxygen atoms in total. The van der Waals surface area contributed by atoms with E-state index in [1.54, 1.807) is 11.3 Å². The molecule has 1 amide bonds. The van der Waals surface area contributed by atoms with Crippen molar-refractivity contribution in [2.75, 3.05) is 6.61 Å². The Morgan fingerprint density at radius 1 is 1.22 bits per heavy atom. The Hall–Kier alpha value is -2.14. The third-order valence-electron chi connectivity index (χ3n) is 5.66. The van der Waals surface area contributed by atoms with Crippen molar-refractivity contribution in [1.82, 2.24) is 5.32 Å². The van der Waals surface area contributed by atoms with Crippen LogP contribution in [0.25, 0.3) is 0 Å². The van der Waals surface area contributed by atoms with Crippen LogP contribution >= 0.6 is 11.3 Å². The Labute approximate surface area is 163 Å². The van der Waals surface area contributed by atoms with Gasteiger partial charge in [0.05, 0.1) is 11.6 Å². The molecular formula is C22H25NO3S. The summed E-state index contributed by atoms with van der Waals surface area (Å²) in [5, 5.41) is 4.92. The van der Waals surface area contributed by atoms with Gasteiger partial charge in [0.15, 0.2) is 6.61 Å². The number of carbonyl (C=O) groups is 2. The van der Waals surface area contributed by atoms with Crippen molar-refractivity contribution in [2.45, 2.75) is 51.5 Å². The summed E-state index contributed by atoms with van der Waals surface area (Å²) < 4.78 is 5.33. The maximum Gasteiger partial charge on any atom is 0.339 e. The van der Waals surface area contributed by atoms with Crippen LogP contribution in [-0.2, 0) is 28.8 Å². The normalized spacial score (nSPS) is 21.1. The van der Waals surface area contributed by atoms with Gasteiger partial charge in [0.25, 0.3) is 5.91 Å². The topological polar surface area (TPSA) is 55.4 Å². The maximum absolute atomic E-state index is 12.5. The first-order valence-corrected chi connectivity index (χ1v) is 10.6. The van der Waals surface area contributed by atoms with Crippen LogP contribution in [0.2, 0.25) is 0 Å². The van der Waals surface area contributed by atoms with Crippen LogP contribution in [0, 0.1) is 5.92 Å². The van der Waals surface area contributed by atoms with Crippen molar-refractivity contribution < 1.29 is 14.3 Å². The fourth-order valence-corrected chi connectivity index (χ4v) is 5.43. The summed E-state index contributed by atoms with van der Waals surface area (Å²) in [6.07, 6.45) is 6.10. The molecule has 1 aromatic carbocycles. The maximum atomic E-state index is 12.5. The smallest absolute Gasteiger partial charge is 0.339 e. The summed E-state index contributed by atoms with van der Waals surface area (Å²) in [6, 6.07) is 8.24. The lowest BCUT2D eigenvalue weighted by molar-refractivity contribution is -0.125. The number of benzene rings is 1. The van der Waals surface area contributed by atoms with Gasteiger partial charge in [-0.25, -0.2) is 4.79 Å². The highest BCUT2D eigenvalue weighted by Gasteiger charge is 2.25. The average Bonchev–Trinajstić information content (AvgIpc) is 3.09. The number of amides is 1. The number of rotatable bonds is 4. The molecule has 2 aromatic rings. The minimum Gasteiger partial charge on any atom is -0.452 e. The summed E-state index contributed by atoms with van der Waals surface area (Å²) in [7, 11) is 0. The third kappa shape index (κ3) is 3.93. The first-order valence-electron chi connectivity index (χ1n) is 9.75. The molecule has 1 aromatic heterocycles. The van der Waals surface area contributed by atoms with E-state index in [-0.39, 0.29) is 24.5 Å².